The van der Waals surface area contributed by atoms with Gasteiger partial charge in [-0.3, -0.25) is 9.69 Å². The molecular formula is C23H28F3N3O2. The van der Waals surface area contributed by atoms with Gasteiger partial charge in [0.05, 0.1) is 29.9 Å². The zero-order valence-corrected chi connectivity index (χ0v) is 17.7. The van der Waals surface area contributed by atoms with Crippen molar-refractivity contribution in [3.05, 3.63) is 35.4 Å². The number of piperidine rings is 1. The Morgan fingerprint density at radius 1 is 1.29 bits per heavy atom. The summed E-state index contributed by atoms with van der Waals surface area (Å²) in [6.07, 6.45) is -1.44. The van der Waals surface area contributed by atoms with Gasteiger partial charge in [-0.1, -0.05) is 25.5 Å². The number of hydrogen-bond donors (Lipinski definition) is 0. The number of ether oxygens (including phenoxy) is 1. The van der Waals surface area contributed by atoms with Gasteiger partial charge in [-0.25, -0.2) is 0 Å². The number of nitriles is 1. The molecule has 2 heterocycles. The van der Waals surface area contributed by atoms with E-state index in [0.29, 0.717) is 18.4 Å². The highest BCUT2D eigenvalue weighted by Gasteiger charge is 2.56. The SMILES string of the molecule is CC[C@@H]1C[C@H]1N(C(=O)C(F)(F)F)C1COC2(CCN(Cc3ccc(C#N)cc3)CC2)C1. The van der Waals surface area contributed by atoms with E-state index in [9.17, 15) is 18.0 Å². The lowest BCUT2D eigenvalue weighted by Gasteiger charge is -2.39. The molecule has 2 aliphatic heterocycles. The van der Waals surface area contributed by atoms with Crippen LogP contribution in [0, 0.1) is 17.2 Å². The number of carbonyl (C=O) groups excluding carboxylic acids is 1. The minimum atomic E-state index is -4.85. The molecule has 0 bridgehead atoms. The summed E-state index contributed by atoms with van der Waals surface area (Å²) in [4.78, 5) is 15.6. The first-order chi connectivity index (χ1) is 14.7. The number of carbonyl (C=O) groups is 1. The zero-order valence-electron chi connectivity index (χ0n) is 17.7. The lowest BCUT2D eigenvalue weighted by molar-refractivity contribution is -0.188. The predicted molar refractivity (Wildman–Crippen MR) is 108 cm³/mol. The second kappa shape index (κ2) is 8.44. The molecule has 168 valence electrons. The van der Waals surface area contributed by atoms with E-state index >= 15 is 0 Å². The molecule has 1 amide bonds. The summed E-state index contributed by atoms with van der Waals surface area (Å²) in [5.74, 6) is -1.55. The first-order valence-electron chi connectivity index (χ1n) is 11.0. The molecule has 3 atom stereocenters. The highest BCUT2D eigenvalue weighted by Crippen LogP contribution is 2.45. The van der Waals surface area contributed by atoms with Gasteiger partial charge in [-0.2, -0.15) is 18.4 Å². The van der Waals surface area contributed by atoms with Crippen LogP contribution in [-0.4, -0.2) is 59.3 Å². The standard InChI is InChI=1S/C23H28F3N3O2/c1-2-18-11-20(18)29(21(30)23(24,25)26)19-12-22(31-15-19)7-9-28(10-8-22)14-17-5-3-16(13-27)4-6-17/h3-6,18-20H,2,7-12,14-15H2,1H3/t18-,19?,20-/m1/s1. The van der Waals surface area contributed by atoms with Crippen LogP contribution >= 0.6 is 0 Å². The van der Waals surface area contributed by atoms with E-state index in [-0.39, 0.29) is 18.6 Å². The molecule has 4 rings (SSSR count). The molecule has 3 aliphatic rings. The second-order valence-electron chi connectivity index (χ2n) is 9.12. The fraction of sp³-hybridized carbons (Fsp3) is 0.652. The molecule has 2 saturated heterocycles. The highest BCUT2D eigenvalue weighted by molar-refractivity contribution is 5.83. The Morgan fingerprint density at radius 2 is 1.97 bits per heavy atom. The van der Waals surface area contributed by atoms with Crippen molar-refractivity contribution in [1.29, 1.82) is 5.26 Å². The van der Waals surface area contributed by atoms with Crippen molar-refractivity contribution in [3.63, 3.8) is 0 Å². The number of benzene rings is 1. The molecule has 1 aromatic carbocycles. The number of halogens is 3. The molecule has 0 N–H and O–H groups in total. The first kappa shape index (κ1) is 22.1. The molecule has 31 heavy (non-hydrogen) atoms. The number of nitrogens with zero attached hydrogens (tertiary/aromatic N) is 3. The van der Waals surface area contributed by atoms with Crippen LogP contribution in [0.25, 0.3) is 0 Å². The van der Waals surface area contributed by atoms with Gasteiger partial charge in [0.2, 0.25) is 0 Å². The third kappa shape index (κ3) is 4.73. The molecule has 0 radical (unpaired) electrons. The Hall–Kier alpha value is -2.11. The van der Waals surface area contributed by atoms with Crippen LogP contribution in [0.15, 0.2) is 24.3 Å². The summed E-state index contributed by atoms with van der Waals surface area (Å²) in [5, 5.41) is 8.91. The topological polar surface area (TPSA) is 56.6 Å². The van der Waals surface area contributed by atoms with Gasteiger partial charge in [0.25, 0.3) is 0 Å². The number of amides is 1. The lowest BCUT2D eigenvalue weighted by Crippen LogP contribution is -2.50. The second-order valence-corrected chi connectivity index (χ2v) is 9.12. The highest BCUT2D eigenvalue weighted by atomic mass is 19.4. The van der Waals surface area contributed by atoms with Crippen molar-refractivity contribution in [2.24, 2.45) is 5.92 Å². The quantitative estimate of drug-likeness (QED) is 0.705. The van der Waals surface area contributed by atoms with Crippen LogP contribution in [0.5, 0.6) is 0 Å². The van der Waals surface area contributed by atoms with Crippen LogP contribution in [-0.2, 0) is 16.1 Å². The summed E-state index contributed by atoms with van der Waals surface area (Å²) in [6.45, 7) is 4.49. The monoisotopic (exact) mass is 435 g/mol. The number of alkyl halides is 3. The van der Waals surface area contributed by atoms with Gasteiger partial charge < -0.3 is 9.64 Å². The van der Waals surface area contributed by atoms with E-state index < -0.39 is 23.7 Å². The van der Waals surface area contributed by atoms with E-state index in [2.05, 4.69) is 11.0 Å². The average Bonchev–Trinajstić information content (AvgIpc) is 3.42. The largest absolute Gasteiger partial charge is 0.471 e. The maximum absolute atomic E-state index is 13.3. The van der Waals surface area contributed by atoms with E-state index in [1.54, 1.807) is 12.1 Å². The molecule has 3 fully saturated rings. The van der Waals surface area contributed by atoms with Crippen LogP contribution in [0.4, 0.5) is 13.2 Å². The van der Waals surface area contributed by atoms with Crippen LogP contribution < -0.4 is 0 Å². The summed E-state index contributed by atoms with van der Waals surface area (Å²) >= 11 is 0. The van der Waals surface area contributed by atoms with Crippen molar-refractivity contribution < 1.29 is 22.7 Å². The Bertz CT molecular complexity index is 841. The Balaban J connectivity index is 1.36. The average molecular weight is 435 g/mol. The molecule has 8 heteroatoms. The molecule has 1 aliphatic carbocycles. The first-order valence-corrected chi connectivity index (χ1v) is 11.0. The van der Waals surface area contributed by atoms with Gasteiger partial charge >= 0.3 is 12.1 Å². The fourth-order valence-corrected chi connectivity index (χ4v) is 5.15. The van der Waals surface area contributed by atoms with Crippen LogP contribution in [0.1, 0.15) is 50.2 Å². The smallest absolute Gasteiger partial charge is 0.373 e. The van der Waals surface area contributed by atoms with Gasteiger partial charge in [-0.15, -0.1) is 0 Å². The summed E-state index contributed by atoms with van der Waals surface area (Å²) in [5.41, 5.74) is 1.32. The molecule has 1 saturated carbocycles. The van der Waals surface area contributed by atoms with Gasteiger partial charge in [0.15, 0.2) is 0 Å². The Morgan fingerprint density at radius 3 is 2.52 bits per heavy atom. The Labute approximate surface area is 180 Å². The van der Waals surface area contributed by atoms with Crippen molar-refractivity contribution in [3.8, 4) is 6.07 Å². The van der Waals surface area contributed by atoms with E-state index in [1.165, 1.54) is 0 Å². The maximum Gasteiger partial charge on any atom is 0.471 e. The van der Waals surface area contributed by atoms with Crippen molar-refractivity contribution in [2.75, 3.05) is 19.7 Å². The molecule has 1 aromatic rings. The predicted octanol–water partition coefficient (Wildman–Crippen LogP) is 3.87. The van der Waals surface area contributed by atoms with E-state index in [4.69, 9.17) is 10.00 Å². The maximum atomic E-state index is 13.3. The van der Waals surface area contributed by atoms with Gasteiger partial charge in [0, 0.05) is 25.7 Å². The molecule has 1 unspecified atom stereocenters. The molecule has 0 aromatic heterocycles. The number of hydrogen-bond acceptors (Lipinski definition) is 4. The molecule has 5 nitrogen and oxygen atoms in total. The normalized spacial score (nSPS) is 27.8. The van der Waals surface area contributed by atoms with E-state index in [0.717, 1.165) is 49.4 Å². The molecule has 1 spiro atoms. The third-order valence-corrected chi connectivity index (χ3v) is 7.08. The van der Waals surface area contributed by atoms with Gasteiger partial charge in [-0.05, 0) is 49.3 Å². The van der Waals surface area contributed by atoms with Crippen LogP contribution in [0.3, 0.4) is 0 Å². The minimum absolute atomic E-state index is 0.164. The van der Waals surface area contributed by atoms with Gasteiger partial charge in [0.1, 0.15) is 0 Å². The van der Waals surface area contributed by atoms with Crippen molar-refractivity contribution in [2.45, 2.75) is 69.4 Å². The lowest BCUT2D eigenvalue weighted by atomic mass is 9.86. The van der Waals surface area contributed by atoms with E-state index in [1.807, 2.05) is 19.1 Å². The number of rotatable bonds is 5. The Kier molecular flexibility index (Phi) is 6.01. The summed E-state index contributed by atoms with van der Waals surface area (Å²) in [6, 6.07) is 8.81. The minimum Gasteiger partial charge on any atom is -0.373 e. The van der Waals surface area contributed by atoms with Crippen molar-refractivity contribution >= 4 is 5.91 Å². The number of likely N-dealkylation sites (tertiary alicyclic amines) is 1. The third-order valence-electron chi connectivity index (χ3n) is 7.08. The molecular weight excluding hydrogens is 407 g/mol. The van der Waals surface area contributed by atoms with Crippen LogP contribution in [0.2, 0.25) is 0 Å². The fourth-order valence-electron chi connectivity index (χ4n) is 5.15. The summed E-state index contributed by atoms with van der Waals surface area (Å²) < 4.78 is 45.9. The van der Waals surface area contributed by atoms with Crippen molar-refractivity contribution in [1.82, 2.24) is 9.80 Å². The zero-order chi connectivity index (χ0) is 22.2. The summed E-state index contributed by atoms with van der Waals surface area (Å²) in [7, 11) is 0.